The van der Waals surface area contributed by atoms with Crippen LogP contribution in [-0.2, 0) is 6.54 Å². The van der Waals surface area contributed by atoms with Gasteiger partial charge in [-0.3, -0.25) is 9.67 Å². The number of nitrogens with zero attached hydrogens (tertiary/aromatic N) is 3. The second kappa shape index (κ2) is 4.67. The van der Waals surface area contributed by atoms with E-state index in [9.17, 15) is 5.11 Å². The van der Waals surface area contributed by atoms with Crippen LogP contribution in [-0.4, -0.2) is 19.9 Å². The fourth-order valence-electron chi connectivity index (χ4n) is 1.99. The lowest BCUT2D eigenvalue weighted by Gasteiger charge is -2.14. The van der Waals surface area contributed by atoms with E-state index in [0.717, 1.165) is 29.2 Å². The van der Waals surface area contributed by atoms with E-state index in [1.807, 2.05) is 39.0 Å². The van der Waals surface area contributed by atoms with E-state index in [1.165, 1.54) is 0 Å². The Kier molecular flexibility index (Phi) is 3.24. The van der Waals surface area contributed by atoms with Gasteiger partial charge in [-0.25, -0.2) is 0 Å². The van der Waals surface area contributed by atoms with Crippen LogP contribution in [0.2, 0.25) is 0 Å². The minimum absolute atomic E-state index is 0.662. The van der Waals surface area contributed by atoms with Crippen molar-refractivity contribution in [3.05, 3.63) is 47.0 Å². The van der Waals surface area contributed by atoms with Crippen molar-refractivity contribution in [2.45, 2.75) is 33.4 Å². The Morgan fingerprint density at radius 3 is 2.71 bits per heavy atom. The van der Waals surface area contributed by atoms with E-state index in [0.29, 0.717) is 0 Å². The van der Waals surface area contributed by atoms with Gasteiger partial charge in [0.1, 0.15) is 6.10 Å². The molecule has 2 aromatic heterocycles. The monoisotopic (exact) mass is 231 g/mol. The van der Waals surface area contributed by atoms with Gasteiger partial charge >= 0.3 is 0 Å². The van der Waals surface area contributed by atoms with Gasteiger partial charge in [0.15, 0.2) is 0 Å². The predicted molar refractivity (Wildman–Crippen MR) is 65.7 cm³/mol. The van der Waals surface area contributed by atoms with Gasteiger partial charge in [-0.2, -0.15) is 5.10 Å². The van der Waals surface area contributed by atoms with Crippen molar-refractivity contribution in [2.24, 2.45) is 0 Å². The molecule has 0 amide bonds. The van der Waals surface area contributed by atoms with Crippen LogP contribution in [0.1, 0.15) is 35.7 Å². The molecule has 2 heterocycles. The van der Waals surface area contributed by atoms with E-state index in [-0.39, 0.29) is 0 Å². The Hall–Kier alpha value is -1.68. The first kappa shape index (κ1) is 11.8. The highest BCUT2D eigenvalue weighted by Crippen LogP contribution is 2.23. The minimum Gasteiger partial charge on any atom is -0.382 e. The minimum atomic E-state index is -0.662. The summed E-state index contributed by atoms with van der Waals surface area (Å²) in [6.45, 7) is 6.61. The van der Waals surface area contributed by atoms with Crippen LogP contribution in [0.4, 0.5) is 0 Å². The molecular formula is C13H17N3O. The normalized spacial score (nSPS) is 12.7. The summed E-state index contributed by atoms with van der Waals surface area (Å²) >= 11 is 0. The van der Waals surface area contributed by atoms with Gasteiger partial charge in [-0.1, -0.05) is 6.07 Å². The zero-order valence-corrected chi connectivity index (χ0v) is 10.4. The van der Waals surface area contributed by atoms with Crippen LogP contribution < -0.4 is 0 Å². The fraction of sp³-hybridized carbons (Fsp3) is 0.385. The molecule has 4 nitrogen and oxygen atoms in total. The van der Waals surface area contributed by atoms with E-state index >= 15 is 0 Å². The number of hydrogen-bond donors (Lipinski definition) is 1. The molecule has 0 aromatic carbocycles. The smallest absolute Gasteiger partial charge is 0.122 e. The molecule has 1 unspecified atom stereocenters. The van der Waals surface area contributed by atoms with Crippen molar-refractivity contribution in [1.29, 1.82) is 0 Å². The lowest BCUT2D eigenvalue weighted by atomic mass is 10.0. The molecule has 1 N–H and O–H groups in total. The zero-order chi connectivity index (χ0) is 12.4. The summed E-state index contributed by atoms with van der Waals surface area (Å²) < 4.78 is 1.80. The third-order valence-electron chi connectivity index (χ3n) is 2.89. The molecule has 0 saturated carbocycles. The molecule has 17 heavy (non-hydrogen) atoms. The maximum atomic E-state index is 10.4. The van der Waals surface area contributed by atoms with E-state index in [2.05, 4.69) is 10.1 Å². The quantitative estimate of drug-likeness (QED) is 0.879. The van der Waals surface area contributed by atoms with Crippen molar-refractivity contribution in [3.8, 4) is 0 Å². The Morgan fingerprint density at radius 2 is 2.06 bits per heavy atom. The van der Waals surface area contributed by atoms with E-state index < -0.39 is 6.10 Å². The molecule has 2 aromatic rings. The summed E-state index contributed by atoms with van der Waals surface area (Å²) in [5, 5.41) is 14.5. The van der Waals surface area contributed by atoms with Gasteiger partial charge in [0.05, 0.1) is 5.69 Å². The predicted octanol–water partition coefficient (Wildman–Crippen LogP) is 2.00. The van der Waals surface area contributed by atoms with Gasteiger partial charge in [-0.05, 0) is 32.9 Å². The van der Waals surface area contributed by atoms with Gasteiger partial charge in [-0.15, -0.1) is 0 Å². The molecule has 0 bridgehead atoms. The second-order valence-corrected chi connectivity index (χ2v) is 4.10. The fourth-order valence-corrected chi connectivity index (χ4v) is 1.99. The molecule has 0 aliphatic carbocycles. The molecule has 0 aliphatic heterocycles. The third kappa shape index (κ3) is 2.22. The number of aliphatic hydroxyl groups is 1. The summed E-state index contributed by atoms with van der Waals surface area (Å²) in [5.41, 5.74) is 3.47. The highest BCUT2D eigenvalue weighted by Gasteiger charge is 2.17. The van der Waals surface area contributed by atoms with Crippen molar-refractivity contribution in [2.75, 3.05) is 0 Å². The van der Waals surface area contributed by atoms with Crippen LogP contribution in [0, 0.1) is 13.8 Å². The summed E-state index contributed by atoms with van der Waals surface area (Å²) in [6.07, 6.45) is 1.05. The number of hydrogen-bond acceptors (Lipinski definition) is 3. The first-order valence-corrected chi connectivity index (χ1v) is 5.77. The first-order chi connectivity index (χ1) is 8.13. The van der Waals surface area contributed by atoms with Crippen LogP contribution in [0.25, 0.3) is 0 Å². The lowest BCUT2D eigenvalue weighted by Crippen LogP contribution is -2.10. The lowest BCUT2D eigenvalue weighted by molar-refractivity contribution is 0.206. The number of aliphatic hydroxyl groups excluding tert-OH is 1. The largest absolute Gasteiger partial charge is 0.382 e. The second-order valence-electron chi connectivity index (χ2n) is 4.10. The van der Waals surface area contributed by atoms with Gasteiger partial charge in [0.2, 0.25) is 0 Å². The molecule has 90 valence electrons. The van der Waals surface area contributed by atoms with Gasteiger partial charge < -0.3 is 5.11 Å². The SMILES string of the molecule is CCn1nccc1C(O)c1ccc(C)nc1C. The van der Waals surface area contributed by atoms with E-state index in [4.69, 9.17) is 0 Å². The van der Waals surface area contributed by atoms with E-state index in [1.54, 1.807) is 10.9 Å². The standard InChI is InChI=1S/C13H17N3O/c1-4-16-12(7-8-14-16)13(17)11-6-5-9(2)15-10(11)3/h5-8,13,17H,4H2,1-3H3. The highest BCUT2D eigenvalue weighted by atomic mass is 16.3. The van der Waals surface area contributed by atoms with Crippen LogP contribution in [0.3, 0.4) is 0 Å². The molecule has 1 atom stereocenters. The third-order valence-corrected chi connectivity index (χ3v) is 2.89. The van der Waals surface area contributed by atoms with Crippen molar-refractivity contribution in [1.82, 2.24) is 14.8 Å². The molecule has 4 heteroatoms. The molecular weight excluding hydrogens is 214 g/mol. The number of pyridine rings is 1. The maximum absolute atomic E-state index is 10.4. The Balaban J connectivity index is 2.40. The van der Waals surface area contributed by atoms with Crippen molar-refractivity contribution in [3.63, 3.8) is 0 Å². The Bertz CT molecular complexity index is 519. The van der Waals surface area contributed by atoms with Crippen LogP contribution >= 0.6 is 0 Å². The van der Waals surface area contributed by atoms with Crippen LogP contribution in [0.15, 0.2) is 24.4 Å². The number of aromatic nitrogens is 3. The van der Waals surface area contributed by atoms with Gasteiger partial charge in [0.25, 0.3) is 0 Å². The topological polar surface area (TPSA) is 50.9 Å². The van der Waals surface area contributed by atoms with Crippen LogP contribution in [0.5, 0.6) is 0 Å². The van der Waals surface area contributed by atoms with Gasteiger partial charge in [0, 0.05) is 29.7 Å². The summed E-state index contributed by atoms with van der Waals surface area (Å²) in [4.78, 5) is 4.37. The Labute approximate surface area is 101 Å². The molecule has 0 radical (unpaired) electrons. The average molecular weight is 231 g/mol. The zero-order valence-electron chi connectivity index (χ0n) is 10.4. The number of rotatable bonds is 3. The summed E-state index contributed by atoms with van der Waals surface area (Å²) in [7, 11) is 0. The van der Waals surface area contributed by atoms with Crippen molar-refractivity contribution < 1.29 is 5.11 Å². The summed E-state index contributed by atoms with van der Waals surface area (Å²) in [6, 6.07) is 5.68. The average Bonchev–Trinajstić information content (AvgIpc) is 2.76. The molecule has 2 rings (SSSR count). The summed E-state index contributed by atoms with van der Waals surface area (Å²) in [5.74, 6) is 0. The molecule has 0 fully saturated rings. The highest BCUT2D eigenvalue weighted by molar-refractivity contribution is 5.29. The molecule has 0 spiro atoms. The number of aryl methyl sites for hydroxylation is 3. The Morgan fingerprint density at radius 1 is 1.29 bits per heavy atom. The molecule has 0 aliphatic rings. The maximum Gasteiger partial charge on any atom is 0.122 e. The van der Waals surface area contributed by atoms with Crippen molar-refractivity contribution >= 4 is 0 Å². The molecule has 0 saturated heterocycles. The first-order valence-electron chi connectivity index (χ1n) is 5.77.